The molecule has 8 aromatic rings. The molecule has 0 saturated heterocycles. The molecule has 4 aromatic heterocycles. The third-order valence-corrected chi connectivity index (χ3v) is 7.84. The molecule has 0 radical (unpaired) electrons. The summed E-state index contributed by atoms with van der Waals surface area (Å²) >= 11 is 0. The Labute approximate surface area is 237 Å². The van der Waals surface area contributed by atoms with Gasteiger partial charge in [-0.2, -0.15) is 0 Å². The second-order valence-corrected chi connectivity index (χ2v) is 10.3. The minimum absolute atomic E-state index is 0.946. The van der Waals surface area contributed by atoms with Crippen molar-refractivity contribution < 1.29 is 0 Å². The first-order chi connectivity index (χ1) is 20.2. The molecule has 0 N–H and O–H groups in total. The van der Waals surface area contributed by atoms with Crippen LogP contribution in [0.4, 0.5) is 0 Å². The maximum Gasteiger partial charge on any atom is 0.140 e. The molecule has 0 aliphatic rings. The standard InChI is InChI=1S/C36H25N5/c1-40-33-14-3-2-13-32(33)39-36(40)26-16-18-29-28-17-15-25(31-12-5-7-20-38-31)22-34(28)41(35(29)23-26)27-10-8-9-24(21-27)30-11-4-6-19-37-30/h2-23H,1H3. The van der Waals surface area contributed by atoms with Gasteiger partial charge in [0.2, 0.25) is 0 Å². The van der Waals surface area contributed by atoms with Crippen molar-refractivity contribution in [1.29, 1.82) is 0 Å². The Balaban J connectivity index is 1.41. The van der Waals surface area contributed by atoms with E-state index in [1.807, 2.05) is 48.8 Å². The van der Waals surface area contributed by atoms with E-state index in [9.17, 15) is 0 Å². The van der Waals surface area contributed by atoms with Crippen LogP contribution >= 0.6 is 0 Å². The van der Waals surface area contributed by atoms with Gasteiger partial charge in [0.1, 0.15) is 5.82 Å². The van der Waals surface area contributed by atoms with Crippen LogP contribution in [-0.2, 0) is 7.05 Å². The number of aryl methyl sites for hydroxylation is 1. The summed E-state index contributed by atoms with van der Waals surface area (Å²) in [6.07, 6.45) is 3.68. The van der Waals surface area contributed by atoms with E-state index in [4.69, 9.17) is 4.98 Å². The van der Waals surface area contributed by atoms with E-state index < -0.39 is 0 Å². The van der Waals surface area contributed by atoms with Crippen molar-refractivity contribution in [2.24, 2.45) is 7.05 Å². The highest BCUT2D eigenvalue weighted by Gasteiger charge is 2.17. The first-order valence-electron chi connectivity index (χ1n) is 13.7. The smallest absolute Gasteiger partial charge is 0.140 e. The molecular weight excluding hydrogens is 502 g/mol. The summed E-state index contributed by atoms with van der Waals surface area (Å²) in [5.41, 5.74) is 10.6. The Morgan fingerprint density at radius 1 is 0.512 bits per heavy atom. The highest BCUT2D eigenvalue weighted by molar-refractivity contribution is 6.11. The maximum atomic E-state index is 4.99. The summed E-state index contributed by atoms with van der Waals surface area (Å²) in [6, 6.07) is 42.3. The average molecular weight is 528 g/mol. The van der Waals surface area contributed by atoms with E-state index in [2.05, 4.69) is 111 Å². The highest BCUT2D eigenvalue weighted by atomic mass is 15.1. The largest absolute Gasteiger partial charge is 0.327 e. The number of imidazole rings is 1. The van der Waals surface area contributed by atoms with Crippen LogP contribution in [0.2, 0.25) is 0 Å². The fourth-order valence-electron chi connectivity index (χ4n) is 5.87. The van der Waals surface area contributed by atoms with Gasteiger partial charge in [-0.15, -0.1) is 0 Å². The van der Waals surface area contributed by atoms with E-state index >= 15 is 0 Å². The average Bonchev–Trinajstić information content (AvgIpc) is 3.55. The molecule has 0 amide bonds. The number of fused-ring (bicyclic) bond motifs is 4. The molecule has 0 saturated carbocycles. The minimum Gasteiger partial charge on any atom is -0.327 e. The molecule has 8 rings (SSSR count). The zero-order valence-electron chi connectivity index (χ0n) is 22.4. The van der Waals surface area contributed by atoms with Crippen LogP contribution in [0, 0.1) is 0 Å². The van der Waals surface area contributed by atoms with E-state index in [0.29, 0.717) is 0 Å². The molecule has 0 aliphatic heterocycles. The number of hydrogen-bond donors (Lipinski definition) is 0. The Bertz CT molecular complexity index is 2210. The van der Waals surface area contributed by atoms with Gasteiger partial charge in [0.05, 0.1) is 33.5 Å². The van der Waals surface area contributed by atoms with Gasteiger partial charge in [-0.25, -0.2) is 4.98 Å². The second-order valence-electron chi connectivity index (χ2n) is 10.3. The Morgan fingerprint density at radius 3 is 1.83 bits per heavy atom. The Kier molecular flexibility index (Phi) is 5.28. The van der Waals surface area contributed by atoms with E-state index in [-0.39, 0.29) is 0 Å². The van der Waals surface area contributed by atoms with Gasteiger partial charge in [-0.05, 0) is 60.7 Å². The van der Waals surface area contributed by atoms with Crippen LogP contribution in [0.5, 0.6) is 0 Å². The lowest BCUT2D eigenvalue weighted by atomic mass is 10.1. The van der Waals surface area contributed by atoms with Crippen LogP contribution in [-0.4, -0.2) is 24.1 Å². The number of rotatable bonds is 4. The van der Waals surface area contributed by atoms with Gasteiger partial charge in [0.25, 0.3) is 0 Å². The molecular formula is C36H25N5. The second kappa shape index (κ2) is 9.28. The quantitative estimate of drug-likeness (QED) is 0.231. The maximum absolute atomic E-state index is 4.99. The summed E-state index contributed by atoms with van der Waals surface area (Å²) in [4.78, 5) is 14.2. The predicted octanol–water partition coefficient (Wildman–Crippen LogP) is 8.46. The van der Waals surface area contributed by atoms with Gasteiger partial charge in [-0.3, -0.25) is 9.97 Å². The van der Waals surface area contributed by atoms with E-state index in [1.165, 1.54) is 10.8 Å². The predicted molar refractivity (Wildman–Crippen MR) is 167 cm³/mol. The van der Waals surface area contributed by atoms with Crippen molar-refractivity contribution in [3.8, 4) is 39.6 Å². The third-order valence-electron chi connectivity index (χ3n) is 7.84. The fraction of sp³-hybridized carbons (Fsp3) is 0.0278. The number of para-hydroxylation sites is 2. The van der Waals surface area contributed by atoms with E-state index in [1.54, 1.807) is 0 Å². The fourth-order valence-corrected chi connectivity index (χ4v) is 5.87. The lowest BCUT2D eigenvalue weighted by molar-refractivity contribution is 0.959. The summed E-state index contributed by atoms with van der Waals surface area (Å²) in [5.74, 6) is 0.946. The van der Waals surface area contributed by atoms with Crippen LogP contribution in [0.3, 0.4) is 0 Å². The lowest BCUT2D eigenvalue weighted by Gasteiger charge is -2.11. The van der Waals surface area contributed by atoms with E-state index in [0.717, 1.165) is 61.7 Å². The molecule has 5 nitrogen and oxygen atoms in total. The SMILES string of the molecule is Cn1c(-c2ccc3c4ccc(-c5ccccn5)cc4n(-c4cccc(-c5ccccn5)c4)c3c2)nc2ccccc21. The number of pyridine rings is 2. The number of hydrogen-bond acceptors (Lipinski definition) is 3. The normalized spacial score (nSPS) is 11.5. The first kappa shape index (κ1) is 23.3. The van der Waals surface area contributed by atoms with Crippen LogP contribution < -0.4 is 0 Å². The molecule has 0 bridgehead atoms. The van der Waals surface area contributed by atoms with Crippen LogP contribution in [0.25, 0.3) is 72.4 Å². The van der Waals surface area contributed by atoms with Gasteiger partial charge in [0.15, 0.2) is 0 Å². The topological polar surface area (TPSA) is 48.5 Å². The molecule has 41 heavy (non-hydrogen) atoms. The molecule has 5 heteroatoms. The van der Waals surface area contributed by atoms with Crippen molar-refractivity contribution in [2.45, 2.75) is 0 Å². The van der Waals surface area contributed by atoms with Gasteiger partial charge in [-0.1, -0.05) is 60.7 Å². The summed E-state index contributed by atoms with van der Waals surface area (Å²) in [6.45, 7) is 0. The molecule has 4 aromatic carbocycles. The molecule has 0 fully saturated rings. The summed E-state index contributed by atoms with van der Waals surface area (Å²) in [5, 5.41) is 2.39. The van der Waals surface area contributed by atoms with Gasteiger partial charge in [0, 0.05) is 52.6 Å². The van der Waals surface area contributed by atoms with Crippen molar-refractivity contribution >= 4 is 32.8 Å². The number of benzene rings is 4. The summed E-state index contributed by atoms with van der Waals surface area (Å²) < 4.78 is 4.53. The van der Waals surface area contributed by atoms with Crippen LogP contribution in [0.15, 0.2) is 134 Å². The minimum atomic E-state index is 0.946. The highest BCUT2D eigenvalue weighted by Crippen LogP contribution is 2.37. The van der Waals surface area contributed by atoms with Crippen molar-refractivity contribution in [2.75, 3.05) is 0 Å². The molecule has 0 atom stereocenters. The molecule has 4 heterocycles. The molecule has 0 spiro atoms. The monoisotopic (exact) mass is 527 g/mol. The van der Waals surface area contributed by atoms with Crippen LogP contribution in [0.1, 0.15) is 0 Å². The Morgan fingerprint density at radius 2 is 1.15 bits per heavy atom. The number of nitrogens with zero attached hydrogens (tertiary/aromatic N) is 5. The molecule has 194 valence electrons. The summed E-state index contributed by atoms with van der Waals surface area (Å²) in [7, 11) is 2.08. The zero-order chi connectivity index (χ0) is 27.3. The zero-order valence-corrected chi connectivity index (χ0v) is 22.4. The van der Waals surface area contributed by atoms with Gasteiger partial charge < -0.3 is 9.13 Å². The van der Waals surface area contributed by atoms with Gasteiger partial charge >= 0.3 is 0 Å². The molecule has 0 aliphatic carbocycles. The Hall–Kier alpha value is -5.55. The first-order valence-corrected chi connectivity index (χ1v) is 13.7. The number of aromatic nitrogens is 5. The van der Waals surface area contributed by atoms with Crippen molar-refractivity contribution in [3.63, 3.8) is 0 Å². The lowest BCUT2D eigenvalue weighted by Crippen LogP contribution is -1.96. The van der Waals surface area contributed by atoms with Crippen molar-refractivity contribution in [3.05, 3.63) is 134 Å². The third kappa shape index (κ3) is 3.82. The van der Waals surface area contributed by atoms with Crippen molar-refractivity contribution in [1.82, 2.24) is 24.1 Å². The molecule has 0 unspecified atom stereocenters.